The summed E-state index contributed by atoms with van der Waals surface area (Å²) in [6, 6.07) is 21.4. The molecule has 2 N–H and O–H groups in total. The third kappa shape index (κ3) is 6.22. The first-order valence-electron chi connectivity index (χ1n) is 10.3. The van der Waals surface area contributed by atoms with E-state index in [9.17, 15) is 9.59 Å². The Bertz CT molecular complexity index is 1090. The van der Waals surface area contributed by atoms with Crippen molar-refractivity contribution in [1.82, 2.24) is 5.32 Å². The van der Waals surface area contributed by atoms with E-state index in [4.69, 9.17) is 9.47 Å². The molecule has 6 heteroatoms. The number of rotatable bonds is 8. The van der Waals surface area contributed by atoms with E-state index in [2.05, 4.69) is 10.6 Å². The maximum atomic E-state index is 13.0. The van der Waals surface area contributed by atoms with E-state index in [0.29, 0.717) is 23.6 Å². The van der Waals surface area contributed by atoms with Gasteiger partial charge in [0.1, 0.15) is 17.2 Å². The zero-order valence-electron chi connectivity index (χ0n) is 18.3. The Morgan fingerprint density at radius 3 is 2.09 bits per heavy atom. The van der Waals surface area contributed by atoms with Crippen LogP contribution in [0.2, 0.25) is 0 Å². The zero-order valence-corrected chi connectivity index (χ0v) is 18.3. The quantitative estimate of drug-likeness (QED) is 0.503. The molecule has 0 aliphatic heterocycles. The predicted octanol–water partition coefficient (Wildman–Crippen LogP) is 4.81. The highest BCUT2D eigenvalue weighted by Gasteiger charge is 2.15. The zero-order chi connectivity index (χ0) is 22.9. The van der Waals surface area contributed by atoms with Crippen molar-refractivity contribution >= 4 is 23.6 Å². The second kappa shape index (κ2) is 10.8. The summed E-state index contributed by atoms with van der Waals surface area (Å²) in [7, 11) is 1.58. The van der Waals surface area contributed by atoms with Gasteiger partial charge in [-0.2, -0.15) is 0 Å². The number of anilines is 1. The van der Waals surface area contributed by atoms with Crippen LogP contribution in [0.3, 0.4) is 0 Å². The summed E-state index contributed by atoms with van der Waals surface area (Å²) < 4.78 is 10.6. The van der Waals surface area contributed by atoms with E-state index in [1.54, 1.807) is 49.6 Å². The molecule has 0 unspecified atom stereocenters. The van der Waals surface area contributed by atoms with Gasteiger partial charge >= 0.3 is 0 Å². The predicted molar refractivity (Wildman–Crippen MR) is 126 cm³/mol. The van der Waals surface area contributed by atoms with Crippen LogP contribution in [-0.4, -0.2) is 25.5 Å². The molecule has 0 fully saturated rings. The van der Waals surface area contributed by atoms with Gasteiger partial charge in [0, 0.05) is 11.3 Å². The van der Waals surface area contributed by atoms with Crippen molar-refractivity contribution in [3.8, 4) is 11.5 Å². The fraction of sp³-hybridized carbons (Fsp3) is 0.154. The van der Waals surface area contributed by atoms with Crippen LogP contribution in [0.5, 0.6) is 11.5 Å². The van der Waals surface area contributed by atoms with Crippen molar-refractivity contribution in [2.75, 3.05) is 19.0 Å². The van der Waals surface area contributed by atoms with Crippen molar-refractivity contribution in [2.24, 2.45) is 0 Å². The average Bonchev–Trinajstić information content (AvgIpc) is 2.81. The van der Waals surface area contributed by atoms with Crippen LogP contribution in [0.15, 0.2) is 78.5 Å². The minimum Gasteiger partial charge on any atom is -0.497 e. The third-order valence-electron chi connectivity index (χ3n) is 4.66. The van der Waals surface area contributed by atoms with Gasteiger partial charge in [0.05, 0.1) is 13.7 Å². The molecule has 164 valence electrons. The number of hydrogen-bond acceptors (Lipinski definition) is 4. The maximum Gasteiger partial charge on any atom is 0.272 e. The second-order valence-corrected chi connectivity index (χ2v) is 7.06. The van der Waals surface area contributed by atoms with Gasteiger partial charge in [-0.15, -0.1) is 0 Å². The Balaban J connectivity index is 1.85. The van der Waals surface area contributed by atoms with E-state index in [0.717, 1.165) is 16.9 Å². The SMILES string of the molecule is CCOc1ccc(C=C(NC(=O)c2ccc(C)cc2)C(=O)Nc2ccc(OC)cc2)cc1. The van der Waals surface area contributed by atoms with E-state index < -0.39 is 5.91 Å². The maximum absolute atomic E-state index is 13.0. The summed E-state index contributed by atoms with van der Waals surface area (Å²) in [6.45, 7) is 4.43. The molecule has 0 atom stereocenters. The molecule has 0 aliphatic carbocycles. The second-order valence-electron chi connectivity index (χ2n) is 7.06. The number of carbonyl (C=O) groups is 2. The van der Waals surface area contributed by atoms with Crippen molar-refractivity contribution < 1.29 is 19.1 Å². The van der Waals surface area contributed by atoms with Gasteiger partial charge in [-0.3, -0.25) is 9.59 Å². The number of ether oxygens (including phenoxy) is 2. The standard InChI is InChI=1S/C26H26N2O4/c1-4-32-23-13-7-19(8-14-23)17-24(28-25(29)20-9-5-18(2)6-10-20)26(30)27-21-11-15-22(31-3)16-12-21/h5-17H,4H2,1-3H3,(H,27,30)(H,28,29). The van der Waals surface area contributed by atoms with Crippen LogP contribution < -0.4 is 20.1 Å². The Morgan fingerprint density at radius 1 is 0.875 bits per heavy atom. The summed E-state index contributed by atoms with van der Waals surface area (Å²) >= 11 is 0. The first-order chi connectivity index (χ1) is 15.5. The molecule has 0 heterocycles. The number of amides is 2. The van der Waals surface area contributed by atoms with Crippen LogP contribution in [0.25, 0.3) is 6.08 Å². The van der Waals surface area contributed by atoms with Crippen LogP contribution >= 0.6 is 0 Å². The number of methoxy groups -OCH3 is 1. The minimum absolute atomic E-state index is 0.121. The van der Waals surface area contributed by atoms with E-state index >= 15 is 0 Å². The van der Waals surface area contributed by atoms with Gasteiger partial charge in [-0.05, 0) is 74.0 Å². The highest BCUT2D eigenvalue weighted by molar-refractivity contribution is 6.10. The number of nitrogens with one attached hydrogen (secondary N) is 2. The van der Waals surface area contributed by atoms with Crippen LogP contribution in [0.4, 0.5) is 5.69 Å². The van der Waals surface area contributed by atoms with E-state index in [1.807, 2.05) is 50.2 Å². The lowest BCUT2D eigenvalue weighted by molar-refractivity contribution is -0.113. The number of carbonyl (C=O) groups excluding carboxylic acids is 2. The highest BCUT2D eigenvalue weighted by atomic mass is 16.5. The van der Waals surface area contributed by atoms with Gasteiger partial charge in [0.2, 0.25) is 0 Å². The van der Waals surface area contributed by atoms with E-state index in [1.165, 1.54) is 0 Å². The molecule has 3 aromatic carbocycles. The Labute approximate surface area is 187 Å². The van der Waals surface area contributed by atoms with Gasteiger partial charge in [-0.25, -0.2) is 0 Å². The van der Waals surface area contributed by atoms with Gasteiger partial charge in [-0.1, -0.05) is 29.8 Å². The smallest absolute Gasteiger partial charge is 0.272 e. The first kappa shape index (κ1) is 22.6. The lowest BCUT2D eigenvalue weighted by Gasteiger charge is -2.12. The molecule has 0 bridgehead atoms. The molecule has 0 radical (unpaired) electrons. The fourth-order valence-electron chi connectivity index (χ4n) is 2.92. The molecule has 3 aromatic rings. The van der Waals surface area contributed by atoms with Gasteiger partial charge < -0.3 is 20.1 Å². The van der Waals surface area contributed by atoms with Crippen LogP contribution in [0.1, 0.15) is 28.4 Å². The minimum atomic E-state index is -0.440. The van der Waals surface area contributed by atoms with Crippen molar-refractivity contribution in [3.05, 3.63) is 95.2 Å². The van der Waals surface area contributed by atoms with Crippen LogP contribution in [-0.2, 0) is 4.79 Å². The summed E-state index contributed by atoms with van der Waals surface area (Å²) in [5.74, 6) is 0.606. The molecule has 32 heavy (non-hydrogen) atoms. The molecular formula is C26H26N2O4. The number of benzene rings is 3. The molecule has 0 aromatic heterocycles. The molecule has 0 aliphatic rings. The Morgan fingerprint density at radius 2 is 1.50 bits per heavy atom. The molecular weight excluding hydrogens is 404 g/mol. The third-order valence-corrected chi connectivity index (χ3v) is 4.66. The number of hydrogen-bond donors (Lipinski definition) is 2. The molecule has 2 amide bonds. The summed E-state index contributed by atoms with van der Waals surface area (Å²) in [6.07, 6.45) is 1.63. The van der Waals surface area contributed by atoms with Gasteiger partial charge in [0.25, 0.3) is 11.8 Å². The normalized spacial score (nSPS) is 10.9. The van der Waals surface area contributed by atoms with E-state index in [-0.39, 0.29) is 11.6 Å². The monoisotopic (exact) mass is 430 g/mol. The summed E-state index contributed by atoms with van der Waals surface area (Å²) in [5, 5.41) is 5.55. The average molecular weight is 431 g/mol. The van der Waals surface area contributed by atoms with Crippen LogP contribution in [0, 0.1) is 6.92 Å². The Hall–Kier alpha value is -4.06. The Kier molecular flexibility index (Phi) is 7.65. The van der Waals surface area contributed by atoms with Gasteiger partial charge in [0.15, 0.2) is 0 Å². The lowest BCUT2D eigenvalue weighted by Crippen LogP contribution is -2.30. The van der Waals surface area contributed by atoms with Crippen molar-refractivity contribution in [2.45, 2.75) is 13.8 Å². The molecule has 0 spiro atoms. The topological polar surface area (TPSA) is 76.7 Å². The number of aryl methyl sites for hydroxylation is 1. The first-order valence-corrected chi connectivity index (χ1v) is 10.3. The highest BCUT2D eigenvalue weighted by Crippen LogP contribution is 2.18. The molecule has 0 saturated heterocycles. The summed E-state index contributed by atoms with van der Waals surface area (Å²) in [4.78, 5) is 25.8. The fourth-order valence-corrected chi connectivity index (χ4v) is 2.92. The molecule has 6 nitrogen and oxygen atoms in total. The lowest BCUT2D eigenvalue weighted by atomic mass is 10.1. The molecule has 0 saturated carbocycles. The van der Waals surface area contributed by atoms with Crippen molar-refractivity contribution in [3.63, 3.8) is 0 Å². The van der Waals surface area contributed by atoms with Crippen molar-refractivity contribution in [1.29, 1.82) is 0 Å². The molecule has 3 rings (SSSR count). The summed E-state index contributed by atoms with van der Waals surface area (Å²) in [5.41, 5.74) is 2.96. The largest absolute Gasteiger partial charge is 0.497 e.